The summed E-state index contributed by atoms with van der Waals surface area (Å²) in [6, 6.07) is 7.60. The van der Waals surface area contributed by atoms with Crippen LogP contribution in [-0.4, -0.2) is 48.5 Å². The molecule has 0 saturated heterocycles. The van der Waals surface area contributed by atoms with E-state index in [1.54, 1.807) is 23.9 Å². The summed E-state index contributed by atoms with van der Waals surface area (Å²) in [5.41, 5.74) is 2.99. The first kappa shape index (κ1) is 17.9. The number of anilines is 1. The number of thiophene rings is 1. The molecule has 2 aliphatic rings. The van der Waals surface area contributed by atoms with Crippen LogP contribution in [0.5, 0.6) is 5.75 Å². The van der Waals surface area contributed by atoms with Gasteiger partial charge in [0.1, 0.15) is 11.9 Å². The summed E-state index contributed by atoms with van der Waals surface area (Å²) in [6.45, 7) is 3.23. The number of nitrogens with one attached hydrogen (secondary N) is 1. The van der Waals surface area contributed by atoms with Crippen molar-refractivity contribution < 1.29 is 14.3 Å². The van der Waals surface area contributed by atoms with E-state index in [1.165, 1.54) is 16.2 Å². The highest BCUT2D eigenvalue weighted by molar-refractivity contribution is 7.14. The number of carbonyl (C=O) groups is 2. The van der Waals surface area contributed by atoms with Gasteiger partial charge in [-0.3, -0.25) is 4.79 Å². The second kappa shape index (κ2) is 6.88. The highest BCUT2D eigenvalue weighted by atomic mass is 32.1. The van der Waals surface area contributed by atoms with E-state index in [0.717, 1.165) is 40.3 Å². The molecule has 27 heavy (non-hydrogen) atoms. The number of benzene rings is 1. The highest BCUT2D eigenvalue weighted by Gasteiger charge is 2.25. The van der Waals surface area contributed by atoms with E-state index in [-0.39, 0.29) is 18.0 Å². The molecule has 7 heteroatoms. The average Bonchev–Trinajstić information content (AvgIpc) is 3.21. The fourth-order valence-electron chi connectivity index (χ4n) is 3.53. The number of carbonyl (C=O) groups excluding carboxylic acids is 2. The summed E-state index contributed by atoms with van der Waals surface area (Å²) in [5.74, 6) is 0.916. The van der Waals surface area contributed by atoms with Crippen LogP contribution in [0.25, 0.3) is 0 Å². The van der Waals surface area contributed by atoms with E-state index in [4.69, 9.17) is 4.74 Å². The molecule has 1 aromatic heterocycles. The Morgan fingerprint density at radius 3 is 2.85 bits per heavy atom. The molecule has 0 spiro atoms. The molecule has 0 aliphatic carbocycles. The van der Waals surface area contributed by atoms with Gasteiger partial charge in [-0.1, -0.05) is 0 Å². The van der Waals surface area contributed by atoms with Crippen LogP contribution in [0.2, 0.25) is 0 Å². The number of ether oxygens (including phenoxy) is 1. The van der Waals surface area contributed by atoms with E-state index in [0.29, 0.717) is 13.1 Å². The van der Waals surface area contributed by atoms with Gasteiger partial charge in [0.15, 0.2) is 0 Å². The minimum atomic E-state index is -0.112. The Morgan fingerprint density at radius 2 is 2.07 bits per heavy atom. The quantitative estimate of drug-likeness (QED) is 0.862. The molecule has 3 heterocycles. The van der Waals surface area contributed by atoms with Crippen molar-refractivity contribution >= 4 is 29.0 Å². The maximum absolute atomic E-state index is 12.7. The summed E-state index contributed by atoms with van der Waals surface area (Å²) >= 11 is 1.54. The number of fused-ring (bicyclic) bond motifs is 2. The third-order valence-corrected chi connectivity index (χ3v) is 6.14. The Balaban J connectivity index is 1.44. The van der Waals surface area contributed by atoms with Crippen LogP contribution in [-0.2, 0) is 19.4 Å². The van der Waals surface area contributed by atoms with Gasteiger partial charge in [0.2, 0.25) is 0 Å². The molecule has 4 rings (SSSR count). The lowest BCUT2D eigenvalue weighted by atomic mass is 10.1. The molecule has 0 unspecified atom stereocenters. The SMILES string of the molecule is C[C@H]1Cc2cc(NC(=O)N3CCc4sc(C(=O)N(C)C)cc4C3)ccc2O1. The molecule has 2 aromatic rings. The van der Waals surface area contributed by atoms with Crippen LogP contribution >= 0.6 is 11.3 Å². The topological polar surface area (TPSA) is 61.9 Å². The number of nitrogens with zero attached hydrogens (tertiary/aromatic N) is 2. The zero-order valence-corrected chi connectivity index (χ0v) is 16.6. The average molecular weight is 385 g/mol. The van der Waals surface area contributed by atoms with E-state index in [2.05, 4.69) is 5.32 Å². The van der Waals surface area contributed by atoms with Crippen LogP contribution in [0.4, 0.5) is 10.5 Å². The molecule has 0 bridgehead atoms. The molecule has 142 valence electrons. The van der Waals surface area contributed by atoms with Crippen molar-refractivity contribution in [2.24, 2.45) is 0 Å². The maximum atomic E-state index is 12.7. The predicted molar refractivity (Wildman–Crippen MR) is 106 cm³/mol. The van der Waals surface area contributed by atoms with Crippen molar-refractivity contribution in [3.05, 3.63) is 45.1 Å². The van der Waals surface area contributed by atoms with Gasteiger partial charge >= 0.3 is 6.03 Å². The smallest absolute Gasteiger partial charge is 0.322 e. The van der Waals surface area contributed by atoms with Crippen molar-refractivity contribution in [1.82, 2.24) is 9.80 Å². The first-order valence-electron chi connectivity index (χ1n) is 9.09. The van der Waals surface area contributed by atoms with Crippen molar-refractivity contribution in [2.75, 3.05) is 26.0 Å². The number of hydrogen-bond donors (Lipinski definition) is 1. The molecule has 1 aromatic carbocycles. The number of hydrogen-bond acceptors (Lipinski definition) is 4. The van der Waals surface area contributed by atoms with Crippen LogP contribution in [0.1, 0.15) is 32.6 Å². The van der Waals surface area contributed by atoms with E-state index < -0.39 is 0 Å². The molecule has 6 nitrogen and oxygen atoms in total. The lowest BCUT2D eigenvalue weighted by Crippen LogP contribution is -2.38. The van der Waals surface area contributed by atoms with Crippen LogP contribution in [0, 0.1) is 0 Å². The zero-order valence-electron chi connectivity index (χ0n) is 15.7. The minimum absolute atomic E-state index is 0.0139. The van der Waals surface area contributed by atoms with Gasteiger partial charge < -0.3 is 19.9 Å². The molecular weight excluding hydrogens is 362 g/mol. The second-order valence-corrected chi connectivity index (χ2v) is 8.45. The Bertz CT molecular complexity index is 906. The fraction of sp³-hybridized carbons (Fsp3) is 0.400. The van der Waals surface area contributed by atoms with E-state index >= 15 is 0 Å². The van der Waals surface area contributed by atoms with Gasteiger partial charge in [0.05, 0.1) is 4.88 Å². The predicted octanol–water partition coefficient (Wildman–Crippen LogP) is 3.36. The fourth-order valence-corrected chi connectivity index (χ4v) is 4.72. The summed E-state index contributed by atoms with van der Waals surface area (Å²) in [4.78, 5) is 30.2. The zero-order chi connectivity index (χ0) is 19.1. The van der Waals surface area contributed by atoms with Crippen molar-refractivity contribution in [3.63, 3.8) is 0 Å². The van der Waals surface area contributed by atoms with Crippen LogP contribution in [0.3, 0.4) is 0 Å². The number of rotatable bonds is 2. The molecule has 3 amide bonds. The van der Waals surface area contributed by atoms with Gasteiger partial charge in [-0.2, -0.15) is 0 Å². The lowest BCUT2D eigenvalue weighted by Gasteiger charge is -2.27. The second-order valence-electron chi connectivity index (χ2n) is 7.32. The van der Waals surface area contributed by atoms with Crippen molar-refractivity contribution in [1.29, 1.82) is 0 Å². The Kier molecular flexibility index (Phi) is 4.55. The molecule has 2 aliphatic heterocycles. The summed E-state index contributed by atoms with van der Waals surface area (Å²) in [5, 5.41) is 2.99. The maximum Gasteiger partial charge on any atom is 0.322 e. The highest BCUT2D eigenvalue weighted by Crippen LogP contribution is 2.32. The van der Waals surface area contributed by atoms with Crippen LogP contribution in [0.15, 0.2) is 24.3 Å². The molecule has 0 saturated carbocycles. The first-order valence-corrected chi connectivity index (χ1v) is 9.91. The minimum Gasteiger partial charge on any atom is -0.490 e. The molecular formula is C20H23N3O3S. The lowest BCUT2D eigenvalue weighted by molar-refractivity contribution is 0.0832. The normalized spacial score (nSPS) is 17.7. The Morgan fingerprint density at radius 1 is 1.26 bits per heavy atom. The molecule has 1 N–H and O–H groups in total. The Labute approximate surface area is 162 Å². The number of amides is 3. The largest absolute Gasteiger partial charge is 0.490 e. The summed E-state index contributed by atoms with van der Waals surface area (Å²) in [7, 11) is 3.51. The Hall–Kier alpha value is -2.54. The summed E-state index contributed by atoms with van der Waals surface area (Å²) in [6.07, 6.45) is 1.83. The third kappa shape index (κ3) is 3.51. The standard InChI is InChI=1S/C20H23N3O3S/c1-12-8-13-9-15(4-5-16(13)26-12)21-20(25)23-7-6-17-14(11-23)10-18(27-17)19(24)22(2)3/h4-5,9-10,12H,6-8,11H2,1-3H3,(H,21,25)/t12-/m0/s1. The molecule has 1 atom stereocenters. The number of urea groups is 1. The first-order chi connectivity index (χ1) is 12.9. The van der Waals surface area contributed by atoms with Gasteiger partial charge in [0, 0.05) is 44.2 Å². The van der Waals surface area contributed by atoms with Gasteiger partial charge in [0.25, 0.3) is 5.91 Å². The third-order valence-electron chi connectivity index (χ3n) is 4.92. The van der Waals surface area contributed by atoms with Gasteiger partial charge in [-0.25, -0.2) is 4.79 Å². The van der Waals surface area contributed by atoms with E-state index in [9.17, 15) is 9.59 Å². The van der Waals surface area contributed by atoms with Crippen molar-refractivity contribution in [3.8, 4) is 5.75 Å². The summed E-state index contributed by atoms with van der Waals surface area (Å²) < 4.78 is 5.71. The molecule has 0 fully saturated rings. The monoisotopic (exact) mass is 385 g/mol. The van der Waals surface area contributed by atoms with E-state index in [1.807, 2.05) is 31.2 Å². The van der Waals surface area contributed by atoms with Crippen LogP contribution < -0.4 is 10.1 Å². The van der Waals surface area contributed by atoms with Gasteiger partial charge in [-0.05, 0) is 48.7 Å². The van der Waals surface area contributed by atoms with Crippen molar-refractivity contribution in [2.45, 2.75) is 32.4 Å². The molecule has 0 radical (unpaired) electrons. The van der Waals surface area contributed by atoms with Gasteiger partial charge in [-0.15, -0.1) is 11.3 Å².